The van der Waals surface area contributed by atoms with Gasteiger partial charge in [-0.25, -0.2) is 4.68 Å². The Bertz CT molecular complexity index is 677. The standard InChI is InChI=1S/C15H19N3O3/c1-9-5-10(2)14(21-4)11(6-9)13-12(7-19)15(16)18(17-13)8-20-3/h5-7H,8,16H2,1-4H3. The number of nitrogens with zero attached hydrogens (tertiary/aromatic N) is 2. The Hall–Kier alpha value is -2.34. The van der Waals surface area contributed by atoms with Gasteiger partial charge >= 0.3 is 0 Å². The third-order valence-corrected chi connectivity index (χ3v) is 3.28. The molecule has 0 unspecified atom stereocenters. The van der Waals surface area contributed by atoms with Gasteiger partial charge in [0.2, 0.25) is 0 Å². The maximum atomic E-state index is 11.4. The number of nitrogen functional groups attached to an aromatic ring is 1. The molecule has 2 N–H and O–H groups in total. The molecule has 1 heterocycles. The van der Waals surface area contributed by atoms with Crippen LogP contribution in [0.3, 0.4) is 0 Å². The monoisotopic (exact) mass is 289 g/mol. The molecular formula is C15H19N3O3. The number of rotatable bonds is 5. The molecule has 6 heteroatoms. The number of nitrogens with two attached hydrogens (primary N) is 1. The van der Waals surface area contributed by atoms with E-state index in [4.69, 9.17) is 15.2 Å². The van der Waals surface area contributed by atoms with Gasteiger partial charge in [-0.3, -0.25) is 4.79 Å². The van der Waals surface area contributed by atoms with Crippen molar-refractivity contribution >= 4 is 12.1 Å². The van der Waals surface area contributed by atoms with E-state index in [2.05, 4.69) is 5.10 Å². The van der Waals surface area contributed by atoms with Gasteiger partial charge in [0.1, 0.15) is 24.0 Å². The lowest BCUT2D eigenvalue weighted by molar-refractivity contribution is 0.112. The van der Waals surface area contributed by atoms with E-state index in [1.165, 1.54) is 4.68 Å². The van der Waals surface area contributed by atoms with Crippen LogP contribution in [-0.4, -0.2) is 30.3 Å². The summed E-state index contributed by atoms with van der Waals surface area (Å²) >= 11 is 0. The molecule has 0 aliphatic heterocycles. The van der Waals surface area contributed by atoms with Gasteiger partial charge in [0.15, 0.2) is 6.29 Å². The average molecular weight is 289 g/mol. The van der Waals surface area contributed by atoms with Gasteiger partial charge in [0.05, 0.1) is 12.7 Å². The van der Waals surface area contributed by atoms with E-state index in [1.54, 1.807) is 14.2 Å². The fraction of sp³-hybridized carbons (Fsp3) is 0.333. The molecule has 0 saturated carbocycles. The molecule has 6 nitrogen and oxygen atoms in total. The topological polar surface area (TPSA) is 79.4 Å². The van der Waals surface area contributed by atoms with E-state index in [1.807, 2.05) is 26.0 Å². The molecule has 0 saturated heterocycles. The minimum Gasteiger partial charge on any atom is -0.496 e. The number of methoxy groups -OCH3 is 2. The number of benzene rings is 1. The van der Waals surface area contributed by atoms with Crippen molar-refractivity contribution in [2.45, 2.75) is 20.6 Å². The lowest BCUT2D eigenvalue weighted by Gasteiger charge is -2.11. The van der Waals surface area contributed by atoms with Crippen LogP contribution in [0.25, 0.3) is 11.3 Å². The highest BCUT2D eigenvalue weighted by atomic mass is 16.5. The normalized spacial score (nSPS) is 10.7. The lowest BCUT2D eigenvalue weighted by atomic mass is 10.0. The molecule has 0 aliphatic carbocycles. The van der Waals surface area contributed by atoms with Gasteiger partial charge in [0, 0.05) is 12.7 Å². The number of ether oxygens (including phenoxy) is 2. The zero-order valence-corrected chi connectivity index (χ0v) is 12.6. The average Bonchev–Trinajstić information content (AvgIpc) is 2.75. The predicted octanol–water partition coefficient (Wildman–Crippen LogP) is 2.17. The number of hydrogen-bond donors (Lipinski definition) is 1. The third kappa shape index (κ3) is 2.62. The highest BCUT2D eigenvalue weighted by Gasteiger charge is 2.20. The summed E-state index contributed by atoms with van der Waals surface area (Å²) < 4.78 is 11.9. The van der Waals surface area contributed by atoms with Crippen LogP contribution in [0.15, 0.2) is 12.1 Å². The molecule has 0 spiro atoms. The van der Waals surface area contributed by atoms with Gasteiger partial charge in [-0.05, 0) is 31.0 Å². The Balaban J connectivity index is 2.72. The molecule has 2 rings (SSSR count). The predicted molar refractivity (Wildman–Crippen MR) is 80.5 cm³/mol. The van der Waals surface area contributed by atoms with E-state index < -0.39 is 0 Å². The van der Waals surface area contributed by atoms with Crippen molar-refractivity contribution in [2.24, 2.45) is 0 Å². The summed E-state index contributed by atoms with van der Waals surface area (Å²) in [6.45, 7) is 4.11. The quantitative estimate of drug-likeness (QED) is 0.853. The van der Waals surface area contributed by atoms with Gasteiger partial charge in [0.25, 0.3) is 0 Å². The Morgan fingerprint density at radius 1 is 1.33 bits per heavy atom. The highest BCUT2D eigenvalue weighted by Crippen LogP contribution is 2.36. The Morgan fingerprint density at radius 2 is 2.05 bits per heavy atom. The summed E-state index contributed by atoms with van der Waals surface area (Å²) in [5, 5.41) is 4.39. The molecule has 21 heavy (non-hydrogen) atoms. The van der Waals surface area contributed by atoms with Gasteiger partial charge in [-0.2, -0.15) is 5.10 Å². The van der Waals surface area contributed by atoms with Crippen LogP contribution in [0, 0.1) is 13.8 Å². The molecule has 0 bridgehead atoms. The molecule has 0 atom stereocenters. The Labute approximate surface area is 123 Å². The number of carbonyl (C=O) groups is 1. The molecule has 0 amide bonds. The van der Waals surface area contributed by atoms with Crippen molar-refractivity contribution < 1.29 is 14.3 Å². The summed E-state index contributed by atoms with van der Waals surface area (Å²) in [5.74, 6) is 0.967. The Kier molecular flexibility index (Phi) is 4.28. The maximum absolute atomic E-state index is 11.4. The van der Waals surface area contributed by atoms with Gasteiger partial charge in [-0.1, -0.05) is 6.07 Å². The first kappa shape index (κ1) is 15.1. The Morgan fingerprint density at radius 3 is 2.62 bits per heavy atom. The number of anilines is 1. The van der Waals surface area contributed by atoms with Crippen LogP contribution < -0.4 is 10.5 Å². The van der Waals surface area contributed by atoms with E-state index >= 15 is 0 Å². The van der Waals surface area contributed by atoms with Crippen molar-refractivity contribution in [3.05, 3.63) is 28.8 Å². The van der Waals surface area contributed by atoms with Crippen molar-refractivity contribution in [3.8, 4) is 17.0 Å². The van der Waals surface area contributed by atoms with Crippen molar-refractivity contribution in [3.63, 3.8) is 0 Å². The summed E-state index contributed by atoms with van der Waals surface area (Å²) in [4.78, 5) is 11.4. The number of aromatic nitrogens is 2. The molecule has 0 fully saturated rings. The second-order valence-electron chi connectivity index (χ2n) is 4.85. The third-order valence-electron chi connectivity index (χ3n) is 3.28. The second kappa shape index (κ2) is 5.97. The first-order valence-electron chi connectivity index (χ1n) is 6.49. The SMILES string of the molecule is COCn1nc(-c2cc(C)cc(C)c2OC)c(C=O)c1N. The van der Waals surface area contributed by atoms with Crippen LogP contribution in [-0.2, 0) is 11.5 Å². The minimum atomic E-state index is 0.180. The molecular weight excluding hydrogens is 270 g/mol. The van der Waals surface area contributed by atoms with Crippen LogP contribution >= 0.6 is 0 Å². The zero-order chi connectivity index (χ0) is 15.6. The molecule has 112 valence electrons. The zero-order valence-electron chi connectivity index (χ0n) is 12.6. The van der Waals surface area contributed by atoms with E-state index in [0.717, 1.165) is 16.7 Å². The number of hydrogen-bond acceptors (Lipinski definition) is 5. The number of aldehydes is 1. The number of aryl methyl sites for hydroxylation is 2. The van der Waals surface area contributed by atoms with E-state index in [0.29, 0.717) is 23.3 Å². The molecule has 2 aromatic rings. The van der Waals surface area contributed by atoms with Gasteiger partial charge in [-0.15, -0.1) is 0 Å². The van der Waals surface area contributed by atoms with Crippen LogP contribution in [0.5, 0.6) is 5.75 Å². The fourth-order valence-electron chi connectivity index (χ4n) is 2.43. The van der Waals surface area contributed by atoms with Crippen LogP contribution in [0.1, 0.15) is 21.5 Å². The van der Waals surface area contributed by atoms with Crippen molar-refractivity contribution in [1.29, 1.82) is 0 Å². The lowest BCUT2D eigenvalue weighted by Crippen LogP contribution is -2.06. The van der Waals surface area contributed by atoms with Crippen LogP contribution in [0.2, 0.25) is 0 Å². The summed E-state index contributed by atoms with van der Waals surface area (Å²) in [7, 11) is 3.13. The minimum absolute atomic E-state index is 0.180. The molecule has 0 aliphatic rings. The molecule has 1 aromatic carbocycles. The summed E-state index contributed by atoms with van der Waals surface area (Å²) in [6.07, 6.45) is 0.709. The van der Waals surface area contributed by atoms with Crippen molar-refractivity contribution in [1.82, 2.24) is 9.78 Å². The van der Waals surface area contributed by atoms with Gasteiger partial charge < -0.3 is 15.2 Å². The summed E-state index contributed by atoms with van der Waals surface area (Å²) in [5.41, 5.74) is 9.58. The smallest absolute Gasteiger partial charge is 0.156 e. The maximum Gasteiger partial charge on any atom is 0.156 e. The van der Waals surface area contributed by atoms with Crippen LogP contribution in [0.4, 0.5) is 5.82 Å². The molecule has 1 aromatic heterocycles. The fourth-order valence-corrected chi connectivity index (χ4v) is 2.43. The first-order chi connectivity index (χ1) is 10.0. The van der Waals surface area contributed by atoms with E-state index in [-0.39, 0.29) is 12.5 Å². The largest absolute Gasteiger partial charge is 0.496 e. The summed E-state index contributed by atoms with van der Waals surface area (Å²) in [6, 6.07) is 3.94. The molecule has 0 radical (unpaired) electrons. The highest BCUT2D eigenvalue weighted by molar-refractivity contribution is 5.93. The number of carbonyl (C=O) groups excluding carboxylic acids is 1. The first-order valence-corrected chi connectivity index (χ1v) is 6.49. The van der Waals surface area contributed by atoms with Crippen molar-refractivity contribution in [2.75, 3.05) is 20.0 Å². The van der Waals surface area contributed by atoms with E-state index in [9.17, 15) is 4.79 Å². The second-order valence-corrected chi connectivity index (χ2v) is 4.85.